The number of rotatable bonds is 13. The Hall–Kier alpha value is -2.72. The number of benzene rings is 1. The fourth-order valence-corrected chi connectivity index (χ4v) is 2.89. The van der Waals surface area contributed by atoms with Gasteiger partial charge in [0.1, 0.15) is 13.1 Å². The molecule has 0 saturated carbocycles. The van der Waals surface area contributed by atoms with Crippen molar-refractivity contribution in [2.75, 3.05) is 63.2 Å². The zero-order valence-corrected chi connectivity index (χ0v) is 16.3. The van der Waals surface area contributed by atoms with E-state index in [1.165, 1.54) is 12.2 Å². The Kier molecular flexibility index (Phi) is 9.32. The Morgan fingerprint density at radius 1 is 0.690 bits per heavy atom. The van der Waals surface area contributed by atoms with E-state index in [4.69, 9.17) is 15.3 Å². The van der Waals surface area contributed by atoms with Crippen LogP contribution in [0.5, 0.6) is 0 Å². The van der Waals surface area contributed by atoms with Crippen molar-refractivity contribution in [2.45, 2.75) is 0 Å². The summed E-state index contributed by atoms with van der Waals surface area (Å²) in [6, 6.07) is 7.33. The van der Waals surface area contributed by atoms with Crippen molar-refractivity contribution in [3.8, 4) is 0 Å². The molecule has 1 aliphatic rings. The Bertz CT molecular complexity index is 740. The van der Waals surface area contributed by atoms with Crippen molar-refractivity contribution in [1.82, 2.24) is 5.32 Å². The SMILES string of the molecule is O=C1C=C(Nc2ccc(NCC[NH+](CCO)CCO)cc2)C(=O)C=C1NCCO. The van der Waals surface area contributed by atoms with E-state index >= 15 is 0 Å². The first kappa shape index (κ1) is 22.6. The van der Waals surface area contributed by atoms with Crippen molar-refractivity contribution in [1.29, 1.82) is 0 Å². The molecule has 7 N–H and O–H groups in total. The summed E-state index contributed by atoms with van der Waals surface area (Å²) in [5.41, 5.74) is 1.94. The minimum absolute atomic E-state index is 0.0843. The van der Waals surface area contributed by atoms with E-state index in [0.717, 1.165) is 17.1 Å². The monoisotopic (exact) mass is 405 g/mol. The molecular weight excluding hydrogens is 376 g/mol. The lowest BCUT2D eigenvalue weighted by Gasteiger charge is -2.18. The highest BCUT2D eigenvalue weighted by Crippen LogP contribution is 2.17. The molecule has 29 heavy (non-hydrogen) atoms. The number of nitrogens with one attached hydrogen (secondary N) is 4. The standard InChI is InChI=1S/C20H28N4O5/c25-10-6-22-17-13-20(29)18(14-19(17)28)23-16-3-1-15(2-4-16)21-5-7-24(8-11-26)9-12-27/h1-4,13-14,21-23,25-27H,5-12H2/p+1. The van der Waals surface area contributed by atoms with E-state index < -0.39 is 0 Å². The van der Waals surface area contributed by atoms with E-state index in [1.807, 2.05) is 12.1 Å². The van der Waals surface area contributed by atoms with Gasteiger partial charge in [-0.15, -0.1) is 0 Å². The highest BCUT2D eigenvalue weighted by molar-refractivity contribution is 6.20. The Morgan fingerprint density at radius 2 is 1.28 bits per heavy atom. The summed E-state index contributed by atoms with van der Waals surface area (Å²) in [6.45, 7) is 2.89. The summed E-state index contributed by atoms with van der Waals surface area (Å²) in [4.78, 5) is 25.3. The van der Waals surface area contributed by atoms with Gasteiger partial charge in [-0.1, -0.05) is 0 Å². The largest absolute Gasteiger partial charge is 0.395 e. The van der Waals surface area contributed by atoms with Gasteiger partial charge in [-0.05, 0) is 24.3 Å². The maximum Gasteiger partial charge on any atom is 0.204 e. The average Bonchev–Trinajstić information content (AvgIpc) is 2.71. The molecule has 0 amide bonds. The lowest BCUT2D eigenvalue weighted by atomic mass is 10.1. The average molecular weight is 405 g/mol. The number of hydrogen-bond donors (Lipinski definition) is 7. The van der Waals surface area contributed by atoms with E-state index in [9.17, 15) is 9.59 Å². The number of anilines is 2. The first-order valence-corrected chi connectivity index (χ1v) is 9.60. The molecule has 9 nitrogen and oxygen atoms in total. The van der Waals surface area contributed by atoms with Crippen molar-refractivity contribution in [3.05, 3.63) is 47.8 Å². The third-order valence-electron chi connectivity index (χ3n) is 4.41. The van der Waals surface area contributed by atoms with Crippen LogP contribution in [0.4, 0.5) is 11.4 Å². The second kappa shape index (κ2) is 12.0. The van der Waals surface area contributed by atoms with E-state index in [0.29, 0.717) is 25.3 Å². The number of aliphatic hydroxyl groups is 3. The molecule has 1 aliphatic carbocycles. The van der Waals surface area contributed by atoms with Crippen LogP contribution in [0.25, 0.3) is 0 Å². The second-order valence-corrected chi connectivity index (χ2v) is 6.57. The highest BCUT2D eigenvalue weighted by atomic mass is 16.3. The molecule has 0 heterocycles. The van der Waals surface area contributed by atoms with Crippen molar-refractivity contribution in [2.24, 2.45) is 0 Å². The molecular formula is C20H29N4O5+. The van der Waals surface area contributed by atoms with Crippen LogP contribution in [-0.2, 0) is 9.59 Å². The van der Waals surface area contributed by atoms with Gasteiger partial charge in [0.15, 0.2) is 0 Å². The number of ketones is 2. The topological polar surface area (TPSA) is 135 Å². The van der Waals surface area contributed by atoms with Gasteiger partial charge in [0, 0.05) is 30.1 Å². The van der Waals surface area contributed by atoms with Crippen molar-refractivity contribution < 1.29 is 29.8 Å². The zero-order valence-electron chi connectivity index (χ0n) is 16.3. The van der Waals surface area contributed by atoms with Crippen LogP contribution in [0.15, 0.2) is 47.8 Å². The van der Waals surface area contributed by atoms with Crippen LogP contribution in [0.2, 0.25) is 0 Å². The second-order valence-electron chi connectivity index (χ2n) is 6.57. The molecule has 0 aromatic heterocycles. The number of carbonyl (C=O) groups excluding carboxylic acids is 2. The molecule has 0 bridgehead atoms. The molecule has 0 unspecified atom stereocenters. The number of quaternary nitrogens is 1. The molecule has 158 valence electrons. The quantitative estimate of drug-likeness (QED) is 0.185. The van der Waals surface area contributed by atoms with Crippen LogP contribution in [0.3, 0.4) is 0 Å². The van der Waals surface area contributed by atoms with Crippen LogP contribution >= 0.6 is 0 Å². The molecule has 1 aromatic rings. The smallest absolute Gasteiger partial charge is 0.204 e. The Morgan fingerprint density at radius 3 is 1.90 bits per heavy atom. The lowest BCUT2D eigenvalue weighted by molar-refractivity contribution is -0.899. The van der Waals surface area contributed by atoms with Gasteiger partial charge in [-0.25, -0.2) is 0 Å². The Labute approximate surface area is 169 Å². The third-order valence-corrected chi connectivity index (χ3v) is 4.41. The molecule has 0 spiro atoms. The van der Waals surface area contributed by atoms with Crippen LogP contribution in [0.1, 0.15) is 0 Å². The molecule has 1 aromatic carbocycles. The predicted molar refractivity (Wildman–Crippen MR) is 110 cm³/mol. The van der Waals surface area contributed by atoms with E-state index in [2.05, 4.69) is 16.0 Å². The summed E-state index contributed by atoms with van der Waals surface area (Å²) in [5.74, 6) is -0.639. The minimum Gasteiger partial charge on any atom is -0.395 e. The molecule has 0 radical (unpaired) electrons. The normalized spacial score (nSPS) is 13.9. The fraction of sp³-hybridized carbons (Fsp3) is 0.400. The number of aliphatic hydroxyl groups excluding tert-OH is 3. The van der Waals surface area contributed by atoms with Crippen molar-refractivity contribution >= 4 is 22.9 Å². The van der Waals surface area contributed by atoms with Gasteiger partial charge >= 0.3 is 0 Å². The summed E-state index contributed by atoms with van der Waals surface area (Å²) in [5, 5.41) is 35.8. The van der Waals surface area contributed by atoms with Gasteiger partial charge < -0.3 is 36.2 Å². The van der Waals surface area contributed by atoms with Crippen LogP contribution in [-0.4, -0.2) is 79.4 Å². The minimum atomic E-state index is -0.323. The predicted octanol–water partition coefficient (Wildman–Crippen LogP) is -2.12. The van der Waals surface area contributed by atoms with Gasteiger partial charge in [-0.3, -0.25) is 9.59 Å². The van der Waals surface area contributed by atoms with Crippen molar-refractivity contribution in [3.63, 3.8) is 0 Å². The number of hydrogen-bond acceptors (Lipinski definition) is 8. The molecule has 0 saturated heterocycles. The van der Waals surface area contributed by atoms with Gasteiger partial charge in [0.25, 0.3) is 0 Å². The lowest BCUT2D eigenvalue weighted by Crippen LogP contribution is -3.13. The van der Waals surface area contributed by atoms with E-state index in [1.54, 1.807) is 12.1 Å². The summed E-state index contributed by atoms with van der Waals surface area (Å²) in [6.07, 6.45) is 2.47. The number of allylic oxidation sites excluding steroid dienone is 2. The summed E-state index contributed by atoms with van der Waals surface area (Å²) < 4.78 is 0. The molecule has 9 heteroatoms. The zero-order chi connectivity index (χ0) is 21.1. The highest BCUT2D eigenvalue weighted by Gasteiger charge is 2.20. The van der Waals surface area contributed by atoms with Gasteiger partial charge in [-0.2, -0.15) is 0 Å². The molecule has 0 fully saturated rings. The van der Waals surface area contributed by atoms with Gasteiger partial charge in [0.2, 0.25) is 11.6 Å². The maximum atomic E-state index is 12.2. The third kappa shape index (κ3) is 7.31. The number of carbonyl (C=O) groups is 2. The first-order chi connectivity index (χ1) is 14.1. The van der Waals surface area contributed by atoms with Crippen LogP contribution < -0.4 is 20.9 Å². The van der Waals surface area contributed by atoms with Crippen LogP contribution in [0, 0.1) is 0 Å². The Balaban J connectivity index is 1.86. The first-order valence-electron chi connectivity index (χ1n) is 9.60. The van der Waals surface area contributed by atoms with Gasteiger partial charge in [0.05, 0.1) is 44.3 Å². The maximum absolute atomic E-state index is 12.2. The summed E-state index contributed by atoms with van der Waals surface area (Å²) >= 11 is 0. The molecule has 0 atom stereocenters. The van der Waals surface area contributed by atoms with E-state index in [-0.39, 0.29) is 49.3 Å². The summed E-state index contributed by atoms with van der Waals surface area (Å²) in [7, 11) is 0. The molecule has 0 aliphatic heterocycles. The fourth-order valence-electron chi connectivity index (χ4n) is 2.89. The molecule has 2 rings (SSSR count).